The van der Waals surface area contributed by atoms with Gasteiger partial charge in [-0.2, -0.15) is 0 Å². The van der Waals surface area contributed by atoms with E-state index in [1.807, 2.05) is 13.8 Å². The van der Waals surface area contributed by atoms with Crippen molar-refractivity contribution >= 4 is 35.0 Å². The SMILES string of the molecule is CC(C)C(=O)N1CCN(C(=O)[C@H](C)Oc2ccc(Cl)cc2Cl)CC1. The molecule has 0 radical (unpaired) electrons. The Hall–Kier alpha value is -1.46. The van der Waals surface area contributed by atoms with Crippen molar-refractivity contribution < 1.29 is 14.3 Å². The van der Waals surface area contributed by atoms with Gasteiger partial charge >= 0.3 is 0 Å². The summed E-state index contributed by atoms with van der Waals surface area (Å²) in [5.74, 6) is 0.411. The van der Waals surface area contributed by atoms with Gasteiger partial charge in [0.1, 0.15) is 5.75 Å². The Morgan fingerprint density at radius 1 is 1.00 bits per heavy atom. The molecule has 0 aliphatic carbocycles. The molecule has 0 unspecified atom stereocenters. The normalized spacial score (nSPS) is 16.2. The summed E-state index contributed by atoms with van der Waals surface area (Å²) in [6.07, 6.45) is -0.656. The second kappa shape index (κ2) is 8.08. The van der Waals surface area contributed by atoms with Crippen LogP contribution in [0, 0.1) is 5.92 Å². The van der Waals surface area contributed by atoms with Crippen molar-refractivity contribution in [1.29, 1.82) is 0 Å². The van der Waals surface area contributed by atoms with Gasteiger partial charge in [-0.1, -0.05) is 37.0 Å². The molecule has 24 heavy (non-hydrogen) atoms. The molecule has 1 atom stereocenters. The summed E-state index contributed by atoms with van der Waals surface area (Å²) in [6, 6.07) is 4.88. The Morgan fingerprint density at radius 2 is 1.54 bits per heavy atom. The number of carbonyl (C=O) groups excluding carboxylic acids is 2. The number of amides is 2. The van der Waals surface area contributed by atoms with E-state index in [1.165, 1.54) is 0 Å². The summed E-state index contributed by atoms with van der Waals surface area (Å²) < 4.78 is 5.67. The van der Waals surface area contributed by atoms with Crippen LogP contribution in [0.4, 0.5) is 0 Å². The lowest BCUT2D eigenvalue weighted by atomic mass is 10.1. The topological polar surface area (TPSA) is 49.9 Å². The molecule has 0 N–H and O–H groups in total. The molecule has 1 aliphatic heterocycles. The second-order valence-corrected chi connectivity index (χ2v) is 6.98. The van der Waals surface area contributed by atoms with Crippen LogP contribution in [0.1, 0.15) is 20.8 Å². The zero-order chi connectivity index (χ0) is 17.9. The van der Waals surface area contributed by atoms with Gasteiger partial charge in [0.15, 0.2) is 6.10 Å². The second-order valence-electron chi connectivity index (χ2n) is 6.14. The van der Waals surface area contributed by atoms with Gasteiger partial charge in [-0.05, 0) is 25.1 Å². The van der Waals surface area contributed by atoms with E-state index in [0.717, 1.165) is 0 Å². The first-order valence-electron chi connectivity index (χ1n) is 7.99. The fourth-order valence-electron chi connectivity index (χ4n) is 2.58. The average molecular weight is 373 g/mol. The average Bonchev–Trinajstić information content (AvgIpc) is 2.56. The highest BCUT2D eigenvalue weighted by Crippen LogP contribution is 2.28. The fourth-order valence-corrected chi connectivity index (χ4v) is 3.03. The lowest BCUT2D eigenvalue weighted by Gasteiger charge is -2.36. The number of piperazine rings is 1. The summed E-state index contributed by atoms with van der Waals surface area (Å²) in [5.41, 5.74) is 0. The van der Waals surface area contributed by atoms with Crippen molar-refractivity contribution in [3.05, 3.63) is 28.2 Å². The highest BCUT2D eigenvalue weighted by Gasteiger charge is 2.28. The van der Waals surface area contributed by atoms with Crippen LogP contribution in [-0.4, -0.2) is 53.9 Å². The number of carbonyl (C=O) groups is 2. The molecule has 0 saturated carbocycles. The molecular formula is C17H22Cl2N2O3. The summed E-state index contributed by atoms with van der Waals surface area (Å²) in [7, 11) is 0. The van der Waals surface area contributed by atoms with Gasteiger partial charge in [0.05, 0.1) is 5.02 Å². The summed E-state index contributed by atoms with van der Waals surface area (Å²) >= 11 is 11.9. The van der Waals surface area contributed by atoms with Gasteiger partial charge < -0.3 is 14.5 Å². The Morgan fingerprint density at radius 3 is 2.04 bits per heavy atom. The van der Waals surface area contributed by atoms with Crippen LogP contribution in [0.15, 0.2) is 18.2 Å². The maximum Gasteiger partial charge on any atom is 0.263 e. The predicted octanol–water partition coefficient (Wildman–Crippen LogP) is 3.09. The smallest absolute Gasteiger partial charge is 0.263 e. The van der Waals surface area contributed by atoms with Gasteiger partial charge in [-0.3, -0.25) is 9.59 Å². The molecule has 1 fully saturated rings. The molecule has 2 rings (SSSR count). The van der Waals surface area contributed by atoms with E-state index in [4.69, 9.17) is 27.9 Å². The van der Waals surface area contributed by atoms with E-state index in [2.05, 4.69) is 0 Å². The molecule has 0 aromatic heterocycles. The van der Waals surface area contributed by atoms with E-state index >= 15 is 0 Å². The van der Waals surface area contributed by atoms with E-state index in [9.17, 15) is 9.59 Å². The number of benzene rings is 1. The molecule has 7 heteroatoms. The Labute approximate surface area is 152 Å². The van der Waals surface area contributed by atoms with E-state index < -0.39 is 6.10 Å². The molecule has 1 aromatic rings. The first kappa shape index (κ1) is 18.9. The largest absolute Gasteiger partial charge is 0.479 e. The zero-order valence-electron chi connectivity index (χ0n) is 14.1. The lowest BCUT2D eigenvalue weighted by Crippen LogP contribution is -2.53. The molecule has 1 aromatic carbocycles. The third-order valence-electron chi connectivity index (χ3n) is 3.94. The Kier molecular flexibility index (Phi) is 6.35. The van der Waals surface area contributed by atoms with Crippen LogP contribution in [0.25, 0.3) is 0 Å². The minimum atomic E-state index is -0.656. The number of ether oxygens (including phenoxy) is 1. The molecule has 1 heterocycles. The zero-order valence-corrected chi connectivity index (χ0v) is 15.6. The highest BCUT2D eigenvalue weighted by molar-refractivity contribution is 6.35. The van der Waals surface area contributed by atoms with Crippen molar-refractivity contribution in [2.24, 2.45) is 5.92 Å². The van der Waals surface area contributed by atoms with Gasteiger partial charge in [0.2, 0.25) is 5.91 Å². The number of hydrogen-bond acceptors (Lipinski definition) is 3. The third kappa shape index (κ3) is 4.54. The Balaban J connectivity index is 1.91. The summed E-state index contributed by atoms with van der Waals surface area (Å²) in [5, 5.41) is 0.881. The molecule has 2 amide bonds. The molecule has 1 saturated heterocycles. The third-order valence-corrected chi connectivity index (χ3v) is 4.47. The molecule has 0 spiro atoms. The van der Waals surface area contributed by atoms with Crippen molar-refractivity contribution in [2.45, 2.75) is 26.9 Å². The van der Waals surface area contributed by atoms with Gasteiger partial charge in [0, 0.05) is 37.1 Å². The van der Waals surface area contributed by atoms with Crippen LogP contribution in [0.2, 0.25) is 10.0 Å². The maximum atomic E-state index is 12.5. The van der Waals surface area contributed by atoms with Crippen LogP contribution in [-0.2, 0) is 9.59 Å². The van der Waals surface area contributed by atoms with Crippen molar-refractivity contribution in [3.63, 3.8) is 0 Å². The van der Waals surface area contributed by atoms with Crippen LogP contribution in [0.3, 0.4) is 0 Å². The summed E-state index contributed by atoms with van der Waals surface area (Å²) in [4.78, 5) is 28.0. The monoisotopic (exact) mass is 372 g/mol. The van der Waals surface area contributed by atoms with Crippen LogP contribution in [0.5, 0.6) is 5.75 Å². The molecular weight excluding hydrogens is 351 g/mol. The highest BCUT2D eigenvalue weighted by atomic mass is 35.5. The molecule has 0 bridgehead atoms. The predicted molar refractivity (Wildman–Crippen MR) is 94.6 cm³/mol. The van der Waals surface area contributed by atoms with Gasteiger partial charge in [-0.25, -0.2) is 0 Å². The van der Waals surface area contributed by atoms with E-state index in [-0.39, 0.29) is 17.7 Å². The molecule has 1 aliphatic rings. The van der Waals surface area contributed by atoms with Crippen molar-refractivity contribution in [3.8, 4) is 5.75 Å². The van der Waals surface area contributed by atoms with Crippen LogP contribution >= 0.6 is 23.2 Å². The first-order chi connectivity index (χ1) is 11.3. The number of nitrogens with zero attached hydrogens (tertiary/aromatic N) is 2. The van der Waals surface area contributed by atoms with Crippen LogP contribution < -0.4 is 4.74 Å². The minimum absolute atomic E-state index is 0.0263. The van der Waals surface area contributed by atoms with Gasteiger partial charge in [-0.15, -0.1) is 0 Å². The molecule has 132 valence electrons. The number of hydrogen-bond donors (Lipinski definition) is 0. The summed E-state index contributed by atoms with van der Waals surface area (Å²) in [6.45, 7) is 7.59. The number of halogens is 2. The standard InChI is InChI=1S/C17H22Cl2N2O3/c1-11(2)16(22)20-6-8-21(9-7-20)17(23)12(3)24-15-5-4-13(18)10-14(15)19/h4-5,10-12H,6-9H2,1-3H3/t12-/m0/s1. The number of rotatable bonds is 4. The fraction of sp³-hybridized carbons (Fsp3) is 0.529. The quantitative estimate of drug-likeness (QED) is 0.815. The van der Waals surface area contributed by atoms with Gasteiger partial charge in [0.25, 0.3) is 5.91 Å². The van der Waals surface area contributed by atoms with Crippen molar-refractivity contribution in [2.75, 3.05) is 26.2 Å². The van der Waals surface area contributed by atoms with Crippen molar-refractivity contribution in [1.82, 2.24) is 9.80 Å². The molecule has 5 nitrogen and oxygen atoms in total. The maximum absolute atomic E-state index is 12.5. The first-order valence-corrected chi connectivity index (χ1v) is 8.74. The Bertz CT molecular complexity index is 614. The lowest BCUT2D eigenvalue weighted by molar-refractivity contribution is -0.144. The minimum Gasteiger partial charge on any atom is -0.479 e. The van der Waals surface area contributed by atoms with E-state index in [1.54, 1.807) is 34.9 Å². The van der Waals surface area contributed by atoms with E-state index in [0.29, 0.717) is 42.0 Å².